The van der Waals surface area contributed by atoms with Crippen molar-refractivity contribution < 1.29 is 9.18 Å². The molecule has 0 spiro atoms. The first-order valence-electron chi connectivity index (χ1n) is 11.2. The minimum Gasteiger partial charge on any atom is -0.308 e. The minimum atomic E-state index is -0.294. The first-order valence-corrected chi connectivity index (χ1v) is 11.2. The lowest BCUT2D eigenvalue weighted by Crippen LogP contribution is -2.36. The van der Waals surface area contributed by atoms with Crippen LogP contribution in [0.5, 0.6) is 0 Å². The molecule has 33 heavy (non-hydrogen) atoms. The summed E-state index contributed by atoms with van der Waals surface area (Å²) >= 11 is 0. The van der Waals surface area contributed by atoms with Crippen molar-refractivity contribution in [3.8, 4) is 11.1 Å². The third-order valence-corrected chi connectivity index (χ3v) is 6.07. The van der Waals surface area contributed by atoms with Crippen molar-refractivity contribution >= 4 is 23.2 Å². The second kappa shape index (κ2) is 9.25. The van der Waals surface area contributed by atoms with E-state index in [9.17, 15) is 9.18 Å². The number of nitrogens with zero attached hydrogens (tertiary/aromatic N) is 1. The molecule has 1 aliphatic heterocycles. The molecule has 4 aromatic rings. The van der Waals surface area contributed by atoms with Crippen molar-refractivity contribution in [2.45, 2.75) is 12.8 Å². The highest BCUT2D eigenvalue weighted by Crippen LogP contribution is 2.31. The highest BCUT2D eigenvalue weighted by atomic mass is 19.1. The number of halogens is 1. The second-order valence-corrected chi connectivity index (χ2v) is 8.24. The predicted octanol–water partition coefficient (Wildman–Crippen LogP) is 7.01. The molecule has 0 bridgehead atoms. The number of hydrogen-bond acceptors (Lipinski definition) is 1. The maximum atomic E-state index is 13.9. The lowest BCUT2D eigenvalue weighted by atomic mass is 9.96. The average molecular weight is 434 g/mol. The molecule has 0 aliphatic carbocycles. The van der Waals surface area contributed by atoms with E-state index >= 15 is 0 Å². The number of para-hydroxylation sites is 1. The first kappa shape index (κ1) is 20.9. The third kappa shape index (κ3) is 4.49. The molecule has 3 heteroatoms. The van der Waals surface area contributed by atoms with Crippen LogP contribution < -0.4 is 4.90 Å². The smallest absolute Gasteiger partial charge is 0.258 e. The average Bonchev–Trinajstić information content (AvgIpc) is 2.88. The molecule has 4 aromatic carbocycles. The summed E-state index contributed by atoms with van der Waals surface area (Å²) in [6.07, 6.45) is 3.76. The first-order chi connectivity index (χ1) is 16.2. The van der Waals surface area contributed by atoms with Crippen LogP contribution in [0.25, 0.3) is 22.8 Å². The zero-order valence-electron chi connectivity index (χ0n) is 18.2. The number of fused-ring (bicyclic) bond motifs is 1. The van der Waals surface area contributed by atoms with Crippen LogP contribution in [-0.4, -0.2) is 12.5 Å². The number of anilines is 1. The van der Waals surface area contributed by atoms with Crippen LogP contribution in [0.2, 0.25) is 0 Å². The normalized spacial score (nSPS) is 13.5. The third-order valence-electron chi connectivity index (χ3n) is 6.07. The number of rotatable bonds is 4. The molecule has 1 aliphatic rings. The molecule has 2 nitrogen and oxygen atoms in total. The molecule has 0 aromatic heterocycles. The quantitative estimate of drug-likeness (QED) is 0.250. The highest BCUT2D eigenvalue weighted by molar-refractivity contribution is 6.30. The molecule has 0 N–H and O–H groups in total. The molecule has 1 heterocycles. The summed E-state index contributed by atoms with van der Waals surface area (Å²) in [6, 6.07) is 32.6. The maximum Gasteiger partial charge on any atom is 0.258 e. The van der Waals surface area contributed by atoms with Gasteiger partial charge in [0.1, 0.15) is 5.82 Å². The van der Waals surface area contributed by atoms with E-state index in [1.165, 1.54) is 17.7 Å². The Bertz CT molecular complexity index is 1290. The van der Waals surface area contributed by atoms with E-state index in [4.69, 9.17) is 0 Å². The Labute approximate surface area is 193 Å². The van der Waals surface area contributed by atoms with Gasteiger partial charge in [0.25, 0.3) is 5.91 Å². The molecule has 0 atom stereocenters. The van der Waals surface area contributed by atoms with Gasteiger partial charge in [-0.3, -0.25) is 4.79 Å². The molecule has 0 unspecified atom stereocenters. The number of carbonyl (C=O) groups excluding carboxylic acids is 1. The summed E-state index contributed by atoms with van der Waals surface area (Å²) < 4.78 is 13.5. The minimum absolute atomic E-state index is 0.0427. The molecule has 5 rings (SSSR count). The van der Waals surface area contributed by atoms with Gasteiger partial charge in [0.15, 0.2) is 0 Å². The Hall–Kier alpha value is -3.98. The van der Waals surface area contributed by atoms with Crippen LogP contribution in [0.1, 0.15) is 23.1 Å². The van der Waals surface area contributed by atoms with Crippen LogP contribution in [0, 0.1) is 5.82 Å². The van der Waals surface area contributed by atoms with Crippen LogP contribution in [0.3, 0.4) is 0 Å². The summed E-state index contributed by atoms with van der Waals surface area (Å²) in [5, 5.41) is 0. The predicted molar refractivity (Wildman–Crippen MR) is 133 cm³/mol. The van der Waals surface area contributed by atoms with Crippen molar-refractivity contribution in [3.63, 3.8) is 0 Å². The number of aryl methyl sites for hydroxylation is 1. The Balaban J connectivity index is 1.56. The largest absolute Gasteiger partial charge is 0.308 e. The molecule has 0 saturated carbocycles. The Morgan fingerprint density at radius 2 is 1.42 bits per heavy atom. The van der Waals surface area contributed by atoms with E-state index in [0.29, 0.717) is 12.1 Å². The van der Waals surface area contributed by atoms with E-state index in [1.54, 1.807) is 12.1 Å². The van der Waals surface area contributed by atoms with Crippen molar-refractivity contribution in [2.75, 3.05) is 11.4 Å². The molecule has 0 saturated heterocycles. The number of amides is 1. The molecule has 1 amide bonds. The Morgan fingerprint density at radius 1 is 0.758 bits per heavy atom. The standard InChI is InChI=1S/C30H24FNO/c31-27-18-12-22(13-19-27)21-28(25-16-14-24(15-17-25)23-7-2-1-3-8-23)30(33)32-20-6-10-26-9-4-5-11-29(26)32/h1-5,7-9,11-19,21H,6,10,20H2/b28-21+. The summed E-state index contributed by atoms with van der Waals surface area (Å²) in [4.78, 5) is 15.7. The summed E-state index contributed by atoms with van der Waals surface area (Å²) in [5.41, 5.74) is 6.61. The fourth-order valence-electron chi connectivity index (χ4n) is 4.36. The van der Waals surface area contributed by atoms with Gasteiger partial charge in [-0.1, -0.05) is 84.9 Å². The fourth-order valence-corrected chi connectivity index (χ4v) is 4.36. The highest BCUT2D eigenvalue weighted by Gasteiger charge is 2.25. The summed E-state index contributed by atoms with van der Waals surface area (Å²) in [6.45, 7) is 0.679. The van der Waals surface area contributed by atoms with Crippen LogP contribution in [-0.2, 0) is 11.2 Å². The molecular weight excluding hydrogens is 409 g/mol. The summed E-state index contributed by atoms with van der Waals surface area (Å²) in [7, 11) is 0. The van der Waals surface area contributed by atoms with Gasteiger partial charge in [-0.25, -0.2) is 4.39 Å². The van der Waals surface area contributed by atoms with Crippen LogP contribution in [0.15, 0.2) is 103 Å². The van der Waals surface area contributed by atoms with Gasteiger partial charge in [-0.2, -0.15) is 0 Å². The topological polar surface area (TPSA) is 20.3 Å². The molecular formula is C30H24FNO. The Morgan fingerprint density at radius 3 is 2.18 bits per heavy atom. The van der Waals surface area contributed by atoms with Gasteiger partial charge in [-0.15, -0.1) is 0 Å². The lowest BCUT2D eigenvalue weighted by Gasteiger charge is -2.30. The maximum absolute atomic E-state index is 13.9. The van der Waals surface area contributed by atoms with Crippen molar-refractivity contribution in [1.29, 1.82) is 0 Å². The SMILES string of the molecule is O=C(/C(=C/c1ccc(F)cc1)c1ccc(-c2ccccc2)cc1)N1CCCc2ccccc21. The monoisotopic (exact) mass is 433 g/mol. The van der Waals surface area contributed by atoms with Crippen molar-refractivity contribution in [3.05, 3.63) is 126 Å². The number of benzene rings is 4. The second-order valence-electron chi connectivity index (χ2n) is 8.24. The van der Waals surface area contributed by atoms with E-state index in [2.05, 4.69) is 18.2 Å². The van der Waals surface area contributed by atoms with Crippen molar-refractivity contribution in [1.82, 2.24) is 0 Å². The number of carbonyl (C=O) groups is 1. The van der Waals surface area contributed by atoms with E-state index in [1.807, 2.05) is 71.6 Å². The van der Waals surface area contributed by atoms with E-state index in [0.717, 1.165) is 40.8 Å². The lowest BCUT2D eigenvalue weighted by molar-refractivity contribution is -0.113. The van der Waals surface area contributed by atoms with Crippen molar-refractivity contribution in [2.24, 2.45) is 0 Å². The van der Waals surface area contributed by atoms with Gasteiger partial charge in [0.05, 0.1) is 0 Å². The van der Waals surface area contributed by atoms with E-state index in [-0.39, 0.29) is 11.7 Å². The molecule has 0 fully saturated rings. The van der Waals surface area contributed by atoms with Gasteiger partial charge in [-0.05, 0) is 64.9 Å². The molecule has 0 radical (unpaired) electrons. The van der Waals surface area contributed by atoms with Gasteiger partial charge < -0.3 is 4.90 Å². The zero-order chi connectivity index (χ0) is 22.6. The van der Waals surface area contributed by atoms with Crippen LogP contribution in [0.4, 0.5) is 10.1 Å². The Kier molecular flexibility index (Phi) is 5.86. The summed E-state index contributed by atoms with van der Waals surface area (Å²) in [5.74, 6) is -0.337. The fraction of sp³-hybridized carbons (Fsp3) is 0.100. The molecule has 162 valence electrons. The zero-order valence-corrected chi connectivity index (χ0v) is 18.2. The van der Waals surface area contributed by atoms with Gasteiger partial charge >= 0.3 is 0 Å². The van der Waals surface area contributed by atoms with Gasteiger partial charge in [0, 0.05) is 17.8 Å². The van der Waals surface area contributed by atoms with Crippen LogP contribution >= 0.6 is 0 Å². The van der Waals surface area contributed by atoms with E-state index < -0.39 is 0 Å². The number of hydrogen-bond donors (Lipinski definition) is 0. The van der Waals surface area contributed by atoms with Gasteiger partial charge in [0.2, 0.25) is 0 Å².